The maximum absolute atomic E-state index is 13.1. The van der Waals surface area contributed by atoms with E-state index in [1.807, 2.05) is 0 Å². The van der Waals surface area contributed by atoms with E-state index in [-0.39, 0.29) is 24.3 Å². The molecule has 2 unspecified atom stereocenters. The predicted molar refractivity (Wildman–Crippen MR) is 126 cm³/mol. The van der Waals surface area contributed by atoms with Gasteiger partial charge >= 0.3 is 6.18 Å². The van der Waals surface area contributed by atoms with Crippen LogP contribution >= 0.6 is 11.6 Å². The van der Waals surface area contributed by atoms with Crippen molar-refractivity contribution in [3.05, 3.63) is 64.6 Å². The molecule has 2 aromatic heterocycles. The van der Waals surface area contributed by atoms with Gasteiger partial charge in [0.1, 0.15) is 11.4 Å². The number of alkyl halides is 3. The summed E-state index contributed by atoms with van der Waals surface area (Å²) in [5.41, 5.74) is 0.728. The van der Waals surface area contributed by atoms with Crippen molar-refractivity contribution in [1.29, 1.82) is 0 Å². The highest BCUT2D eigenvalue weighted by molar-refractivity contribution is 6.30. The number of halogens is 4. The van der Waals surface area contributed by atoms with Crippen molar-refractivity contribution in [3.8, 4) is 17.1 Å². The Hall–Kier alpha value is -3.11. The Bertz CT molecular complexity index is 1320. The first-order valence-electron chi connectivity index (χ1n) is 12.1. The zero-order valence-electron chi connectivity index (χ0n) is 19.4. The van der Waals surface area contributed by atoms with Gasteiger partial charge in [0.05, 0.1) is 11.8 Å². The van der Waals surface area contributed by atoms with Gasteiger partial charge in [-0.1, -0.05) is 16.8 Å². The molecule has 7 nitrogen and oxygen atoms in total. The lowest BCUT2D eigenvalue weighted by atomic mass is 9.57. The van der Waals surface area contributed by atoms with Crippen molar-refractivity contribution >= 4 is 17.5 Å². The predicted octanol–water partition coefficient (Wildman–Crippen LogP) is 5.29. The van der Waals surface area contributed by atoms with E-state index >= 15 is 0 Å². The fraction of sp³-hybridized carbons (Fsp3) is 0.423. The van der Waals surface area contributed by atoms with E-state index in [1.54, 1.807) is 24.3 Å². The smallest absolute Gasteiger partial charge is 0.433 e. The molecule has 37 heavy (non-hydrogen) atoms. The average molecular weight is 534 g/mol. The minimum atomic E-state index is -4.51. The molecular weight excluding hydrogens is 511 g/mol. The molecule has 4 atom stereocenters. The maximum Gasteiger partial charge on any atom is 0.433 e. The number of hydrogen-bond donors (Lipinski definition) is 2. The Morgan fingerprint density at radius 1 is 1.08 bits per heavy atom. The van der Waals surface area contributed by atoms with Gasteiger partial charge in [-0.3, -0.25) is 9.78 Å². The van der Waals surface area contributed by atoms with Crippen LogP contribution in [0.2, 0.25) is 5.02 Å². The molecular formula is C26H23ClF3N3O4. The minimum absolute atomic E-state index is 0.0518. The van der Waals surface area contributed by atoms with E-state index < -0.39 is 24.1 Å². The zero-order valence-corrected chi connectivity index (χ0v) is 20.2. The number of pyridine rings is 1. The van der Waals surface area contributed by atoms with Crippen LogP contribution in [-0.2, 0) is 11.0 Å². The van der Waals surface area contributed by atoms with Gasteiger partial charge in [0.25, 0.3) is 5.91 Å². The minimum Gasteiger partial charge on any atom is -0.480 e. The van der Waals surface area contributed by atoms with Crippen LogP contribution in [0.15, 0.2) is 47.1 Å². The quantitative estimate of drug-likeness (QED) is 0.473. The number of rotatable bonds is 4. The van der Waals surface area contributed by atoms with Crippen LogP contribution in [0.5, 0.6) is 5.75 Å². The van der Waals surface area contributed by atoms with E-state index in [2.05, 4.69) is 15.5 Å². The molecule has 3 heterocycles. The fourth-order valence-electron chi connectivity index (χ4n) is 5.72. The Kier molecular flexibility index (Phi) is 5.91. The van der Waals surface area contributed by atoms with Crippen LogP contribution in [-0.4, -0.2) is 33.3 Å². The van der Waals surface area contributed by atoms with Gasteiger partial charge in [-0.25, -0.2) is 0 Å². The van der Waals surface area contributed by atoms with Crippen molar-refractivity contribution in [2.45, 2.75) is 56.0 Å². The highest BCUT2D eigenvalue weighted by atomic mass is 35.5. The lowest BCUT2D eigenvalue weighted by Crippen LogP contribution is -2.55. The summed E-state index contributed by atoms with van der Waals surface area (Å²) in [6.45, 7) is 0. The summed E-state index contributed by atoms with van der Waals surface area (Å²) in [5, 5.41) is 18.3. The SMILES string of the molecule is O=C(NC1CC(c2cc(-c3ccc(C(F)(F)F)nc3)on2)C2CC1C2)[C@@H]1C[C@@H](O)c2cc(Cl)ccc2O1. The molecule has 3 saturated carbocycles. The molecule has 0 spiro atoms. The first kappa shape index (κ1) is 24.2. The number of carbonyl (C=O) groups excluding carboxylic acids is 1. The van der Waals surface area contributed by atoms with Crippen molar-refractivity contribution in [3.63, 3.8) is 0 Å². The highest BCUT2D eigenvalue weighted by Crippen LogP contribution is 2.53. The summed E-state index contributed by atoms with van der Waals surface area (Å²) < 4.78 is 49.7. The Morgan fingerprint density at radius 3 is 2.62 bits per heavy atom. The van der Waals surface area contributed by atoms with Gasteiger partial charge in [-0.2, -0.15) is 13.2 Å². The second-order valence-electron chi connectivity index (χ2n) is 10.0. The number of nitrogens with one attached hydrogen (secondary N) is 1. The van der Waals surface area contributed by atoms with E-state index in [1.165, 1.54) is 6.07 Å². The van der Waals surface area contributed by atoms with Crippen LogP contribution in [0.1, 0.15) is 54.7 Å². The number of aromatic nitrogens is 2. The Labute approximate surface area is 215 Å². The molecule has 3 aliphatic carbocycles. The van der Waals surface area contributed by atoms with Gasteiger partial charge in [-0.05, 0) is 61.4 Å². The summed E-state index contributed by atoms with van der Waals surface area (Å²) in [5.74, 6) is 1.34. The number of nitrogens with zero attached hydrogens (tertiary/aromatic N) is 2. The molecule has 7 rings (SSSR count). The summed E-state index contributed by atoms with van der Waals surface area (Å²) in [6.07, 6.45) is -2.36. The average Bonchev–Trinajstić information content (AvgIpc) is 3.33. The van der Waals surface area contributed by atoms with E-state index in [0.29, 0.717) is 51.6 Å². The van der Waals surface area contributed by atoms with Gasteiger partial charge < -0.3 is 19.7 Å². The largest absolute Gasteiger partial charge is 0.480 e. The summed E-state index contributed by atoms with van der Waals surface area (Å²) in [6, 6.07) is 8.84. The van der Waals surface area contributed by atoms with Crippen LogP contribution in [0.4, 0.5) is 13.2 Å². The van der Waals surface area contributed by atoms with E-state index in [0.717, 1.165) is 25.1 Å². The third-order valence-electron chi connectivity index (χ3n) is 7.76. The number of hydrogen-bond acceptors (Lipinski definition) is 6. The molecule has 194 valence electrons. The number of ether oxygens (including phenoxy) is 1. The summed E-state index contributed by atoms with van der Waals surface area (Å²) in [7, 11) is 0. The second-order valence-corrected chi connectivity index (χ2v) is 10.5. The van der Waals surface area contributed by atoms with Crippen LogP contribution in [0.25, 0.3) is 11.3 Å². The Morgan fingerprint density at radius 2 is 1.89 bits per heavy atom. The van der Waals surface area contributed by atoms with Crippen molar-refractivity contribution in [2.24, 2.45) is 11.8 Å². The molecule has 0 radical (unpaired) electrons. The van der Waals surface area contributed by atoms with E-state index in [4.69, 9.17) is 20.9 Å². The van der Waals surface area contributed by atoms with Crippen LogP contribution < -0.4 is 10.1 Å². The monoisotopic (exact) mass is 533 g/mol. The van der Waals surface area contributed by atoms with Crippen molar-refractivity contribution in [2.75, 3.05) is 0 Å². The molecule has 1 aliphatic heterocycles. The lowest BCUT2D eigenvalue weighted by molar-refractivity contribution is -0.141. The molecule has 1 amide bonds. The number of fused-ring (bicyclic) bond motifs is 3. The Balaban J connectivity index is 1.13. The summed E-state index contributed by atoms with van der Waals surface area (Å²) >= 11 is 6.01. The second kappa shape index (κ2) is 9.02. The number of aliphatic hydroxyl groups excluding tert-OH is 1. The molecule has 2 bridgehead atoms. The third kappa shape index (κ3) is 4.57. The first-order valence-corrected chi connectivity index (χ1v) is 12.5. The topological polar surface area (TPSA) is 97.5 Å². The van der Waals surface area contributed by atoms with Gasteiger partial charge in [0, 0.05) is 46.8 Å². The summed E-state index contributed by atoms with van der Waals surface area (Å²) in [4.78, 5) is 16.6. The highest BCUT2D eigenvalue weighted by Gasteiger charge is 2.48. The number of aliphatic hydroxyl groups is 1. The number of amides is 1. The zero-order chi connectivity index (χ0) is 25.9. The molecule has 11 heteroatoms. The van der Waals surface area contributed by atoms with Crippen LogP contribution in [0, 0.1) is 11.8 Å². The number of carbonyl (C=O) groups is 1. The fourth-order valence-corrected chi connectivity index (χ4v) is 5.91. The lowest BCUT2D eigenvalue weighted by Gasteiger charge is -2.51. The normalized spacial score (nSPS) is 28.6. The van der Waals surface area contributed by atoms with E-state index in [9.17, 15) is 23.1 Å². The number of benzene rings is 1. The first-order chi connectivity index (χ1) is 17.7. The molecule has 1 aromatic carbocycles. The van der Waals surface area contributed by atoms with Gasteiger partial charge in [0.2, 0.25) is 0 Å². The molecule has 4 aliphatic rings. The van der Waals surface area contributed by atoms with Crippen LogP contribution in [0.3, 0.4) is 0 Å². The third-order valence-corrected chi connectivity index (χ3v) is 8.00. The standard InChI is InChI=1S/C26H23ClF3N3O4/c27-15-2-3-21-17(7-15)20(34)10-23(36-21)25(35)32-18-8-16(13-5-14(18)6-13)19-9-22(37-33-19)12-1-4-24(31-11-12)26(28,29)30/h1-4,7,9,11,13-14,16,18,20,23,34H,5-6,8,10H2,(H,32,35)/t13?,14?,16?,18?,20-,23+/m1/s1. The van der Waals surface area contributed by atoms with Gasteiger partial charge in [-0.15, -0.1) is 0 Å². The maximum atomic E-state index is 13.1. The molecule has 3 aromatic rings. The molecule has 3 fully saturated rings. The van der Waals surface area contributed by atoms with Gasteiger partial charge in [0.15, 0.2) is 11.9 Å². The van der Waals surface area contributed by atoms with Crippen molar-refractivity contribution in [1.82, 2.24) is 15.5 Å². The molecule has 2 N–H and O–H groups in total. The molecule has 0 saturated heterocycles. The van der Waals surface area contributed by atoms with Crippen molar-refractivity contribution < 1.29 is 32.3 Å².